The molecule has 3 nitrogen and oxygen atoms in total. The van der Waals surface area contributed by atoms with Crippen LogP contribution in [-0.4, -0.2) is 30.1 Å². The van der Waals surface area contributed by atoms with E-state index < -0.39 is 0 Å². The van der Waals surface area contributed by atoms with Gasteiger partial charge in [-0.15, -0.1) is 0 Å². The molecule has 0 aliphatic heterocycles. The predicted molar refractivity (Wildman–Crippen MR) is 48.0 cm³/mol. The Morgan fingerprint density at radius 2 is 1.75 bits per heavy atom. The summed E-state index contributed by atoms with van der Waals surface area (Å²) in [4.78, 5) is 1.69. The predicted octanol–water partition coefficient (Wildman–Crippen LogP) is 0.435. The summed E-state index contributed by atoms with van der Waals surface area (Å²) in [5.41, 5.74) is 0.925. The second kappa shape index (κ2) is 4.74. The molecular weight excluding hydrogens is 154 g/mol. The molecule has 0 aliphatic carbocycles. The molecule has 0 radical (unpaired) electrons. The molecule has 2 N–H and O–H groups in total. The normalized spacial score (nSPS) is 9.83. The maximum Gasteiger partial charge on any atom is 0.115 e. The Hall–Kier alpha value is -1.06. The number of rotatable bonds is 4. The zero-order valence-electron chi connectivity index (χ0n) is 6.85. The van der Waals surface area contributed by atoms with E-state index in [9.17, 15) is 0 Å². The summed E-state index contributed by atoms with van der Waals surface area (Å²) in [5.74, 6) is 0. The van der Waals surface area contributed by atoms with Gasteiger partial charge in [-0.3, -0.25) is 0 Å². The minimum absolute atomic E-state index is 0.0510. The fourth-order valence-electron chi connectivity index (χ4n) is 1.04. The molecule has 1 aromatic carbocycles. The fraction of sp³-hybridized carbons (Fsp3) is 0.333. The van der Waals surface area contributed by atoms with Crippen LogP contribution >= 0.6 is 0 Å². The molecule has 0 aliphatic rings. The first-order valence-corrected chi connectivity index (χ1v) is 3.90. The van der Waals surface area contributed by atoms with E-state index in [1.807, 2.05) is 30.3 Å². The van der Waals surface area contributed by atoms with E-state index in [1.54, 1.807) is 4.90 Å². The molecule has 0 saturated heterocycles. The minimum Gasteiger partial charge on any atom is -0.395 e. The number of anilines is 1. The van der Waals surface area contributed by atoms with E-state index in [1.165, 1.54) is 0 Å². The van der Waals surface area contributed by atoms with Crippen LogP contribution in [0.25, 0.3) is 0 Å². The van der Waals surface area contributed by atoms with Gasteiger partial charge in [-0.2, -0.15) is 0 Å². The first kappa shape index (κ1) is 9.03. The monoisotopic (exact) mass is 167 g/mol. The number of hydrogen-bond donors (Lipinski definition) is 2. The molecule has 0 fully saturated rings. The Morgan fingerprint density at radius 3 is 2.25 bits per heavy atom. The highest BCUT2D eigenvalue weighted by Crippen LogP contribution is 2.10. The summed E-state index contributed by atoms with van der Waals surface area (Å²) >= 11 is 0. The Kier molecular flexibility index (Phi) is 3.57. The highest BCUT2D eigenvalue weighted by Gasteiger charge is 2.01. The van der Waals surface area contributed by atoms with Crippen molar-refractivity contribution in [2.24, 2.45) is 0 Å². The fourth-order valence-corrected chi connectivity index (χ4v) is 1.04. The van der Waals surface area contributed by atoms with E-state index in [2.05, 4.69) is 0 Å². The largest absolute Gasteiger partial charge is 0.395 e. The molecule has 3 heteroatoms. The van der Waals surface area contributed by atoms with Crippen LogP contribution in [-0.2, 0) is 0 Å². The molecular formula is C9H13NO2. The van der Waals surface area contributed by atoms with Crippen molar-refractivity contribution < 1.29 is 10.2 Å². The SMILES string of the molecule is OCCN(CO)c1ccccc1. The van der Waals surface area contributed by atoms with Crippen LogP contribution in [0.1, 0.15) is 0 Å². The number of aliphatic hydroxyl groups is 2. The summed E-state index contributed by atoms with van der Waals surface area (Å²) in [6.07, 6.45) is 0. The van der Waals surface area contributed by atoms with E-state index in [4.69, 9.17) is 10.2 Å². The third-order valence-corrected chi connectivity index (χ3v) is 1.66. The molecule has 1 aromatic rings. The number of aliphatic hydroxyl groups excluding tert-OH is 2. The maximum atomic E-state index is 8.93. The van der Waals surface area contributed by atoms with Gasteiger partial charge in [0.05, 0.1) is 6.61 Å². The highest BCUT2D eigenvalue weighted by molar-refractivity contribution is 5.45. The molecule has 1 rings (SSSR count). The summed E-state index contributed by atoms with van der Waals surface area (Å²) in [6.45, 7) is 0.445. The summed E-state index contributed by atoms with van der Waals surface area (Å²) in [7, 11) is 0. The number of para-hydroxylation sites is 1. The van der Waals surface area contributed by atoms with Crippen LogP contribution in [0.2, 0.25) is 0 Å². The highest BCUT2D eigenvalue weighted by atomic mass is 16.3. The van der Waals surface area contributed by atoms with Crippen molar-refractivity contribution in [2.45, 2.75) is 0 Å². The van der Waals surface area contributed by atoms with Gasteiger partial charge in [0.15, 0.2) is 0 Å². The third-order valence-electron chi connectivity index (χ3n) is 1.66. The second-order valence-electron chi connectivity index (χ2n) is 2.46. The summed E-state index contributed by atoms with van der Waals surface area (Å²) in [6, 6.07) is 9.50. The van der Waals surface area contributed by atoms with Crippen LogP contribution in [0.5, 0.6) is 0 Å². The van der Waals surface area contributed by atoms with Gasteiger partial charge in [-0.1, -0.05) is 18.2 Å². The average Bonchev–Trinajstić information content (AvgIpc) is 2.15. The van der Waals surface area contributed by atoms with Crippen molar-refractivity contribution >= 4 is 5.69 Å². The lowest BCUT2D eigenvalue weighted by Gasteiger charge is -2.20. The quantitative estimate of drug-likeness (QED) is 0.639. The Morgan fingerprint density at radius 1 is 1.08 bits per heavy atom. The first-order chi connectivity index (χ1) is 5.88. The van der Waals surface area contributed by atoms with Crippen molar-refractivity contribution in [3.8, 4) is 0 Å². The molecule has 0 aromatic heterocycles. The van der Waals surface area contributed by atoms with E-state index >= 15 is 0 Å². The van der Waals surface area contributed by atoms with Crippen LogP contribution in [0.3, 0.4) is 0 Å². The zero-order chi connectivity index (χ0) is 8.81. The van der Waals surface area contributed by atoms with Gasteiger partial charge in [0, 0.05) is 12.2 Å². The molecule has 0 spiro atoms. The standard InChI is InChI=1S/C9H13NO2/c11-7-6-10(8-12)9-4-2-1-3-5-9/h1-5,11-12H,6-8H2. The lowest BCUT2D eigenvalue weighted by Crippen LogP contribution is -2.27. The van der Waals surface area contributed by atoms with Crippen molar-refractivity contribution in [1.82, 2.24) is 0 Å². The van der Waals surface area contributed by atoms with E-state index in [-0.39, 0.29) is 13.3 Å². The molecule has 0 bridgehead atoms. The number of benzene rings is 1. The Balaban J connectivity index is 2.66. The van der Waals surface area contributed by atoms with Gasteiger partial charge in [0.2, 0.25) is 0 Å². The van der Waals surface area contributed by atoms with Crippen LogP contribution in [0.15, 0.2) is 30.3 Å². The molecule has 0 amide bonds. The molecule has 0 atom stereocenters. The van der Waals surface area contributed by atoms with Gasteiger partial charge < -0.3 is 15.1 Å². The van der Waals surface area contributed by atoms with E-state index in [0.717, 1.165) is 5.69 Å². The zero-order valence-corrected chi connectivity index (χ0v) is 6.85. The number of hydrogen-bond acceptors (Lipinski definition) is 3. The third kappa shape index (κ3) is 2.22. The van der Waals surface area contributed by atoms with Crippen LogP contribution in [0.4, 0.5) is 5.69 Å². The number of nitrogens with zero attached hydrogens (tertiary/aromatic N) is 1. The molecule has 0 heterocycles. The van der Waals surface area contributed by atoms with Crippen molar-refractivity contribution in [1.29, 1.82) is 0 Å². The van der Waals surface area contributed by atoms with Gasteiger partial charge in [-0.05, 0) is 12.1 Å². The smallest absolute Gasteiger partial charge is 0.115 e. The summed E-state index contributed by atoms with van der Waals surface area (Å²) < 4.78 is 0. The van der Waals surface area contributed by atoms with Gasteiger partial charge in [0.25, 0.3) is 0 Å². The Bertz CT molecular complexity index is 213. The van der Waals surface area contributed by atoms with Crippen LogP contribution < -0.4 is 4.90 Å². The lowest BCUT2D eigenvalue weighted by atomic mass is 10.3. The minimum atomic E-state index is -0.0649. The van der Waals surface area contributed by atoms with Crippen molar-refractivity contribution in [3.63, 3.8) is 0 Å². The van der Waals surface area contributed by atoms with E-state index in [0.29, 0.717) is 6.54 Å². The second-order valence-corrected chi connectivity index (χ2v) is 2.46. The van der Waals surface area contributed by atoms with Crippen LogP contribution in [0, 0.1) is 0 Å². The molecule has 0 unspecified atom stereocenters. The topological polar surface area (TPSA) is 43.7 Å². The molecule has 12 heavy (non-hydrogen) atoms. The molecule has 66 valence electrons. The average molecular weight is 167 g/mol. The Labute approximate surface area is 71.9 Å². The van der Waals surface area contributed by atoms with Gasteiger partial charge >= 0.3 is 0 Å². The molecule has 0 saturated carbocycles. The van der Waals surface area contributed by atoms with Gasteiger partial charge in [-0.25, -0.2) is 0 Å². The first-order valence-electron chi connectivity index (χ1n) is 3.90. The maximum absolute atomic E-state index is 8.93. The van der Waals surface area contributed by atoms with Crippen molar-refractivity contribution in [2.75, 3.05) is 24.8 Å². The lowest BCUT2D eigenvalue weighted by molar-refractivity contribution is 0.258. The summed E-state index contributed by atoms with van der Waals surface area (Å²) in [5, 5.41) is 17.6. The van der Waals surface area contributed by atoms with Gasteiger partial charge in [0.1, 0.15) is 6.73 Å². The van der Waals surface area contributed by atoms with Crippen molar-refractivity contribution in [3.05, 3.63) is 30.3 Å².